The largest absolute Gasteiger partial charge is 0.379 e. The Morgan fingerprint density at radius 2 is 1.31 bits per heavy atom. The highest BCUT2D eigenvalue weighted by Crippen LogP contribution is 2.12. The summed E-state index contributed by atoms with van der Waals surface area (Å²) >= 11 is 0. The minimum absolute atomic E-state index is 0.232. The minimum Gasteiger partial charge on any atom is -0.379 e. The van der Waals surface area contributed by atoms with Crippen molar-refractivity contribution in [1.29, 1.82) is 0 Å². The van der Waals surface area contributed by atoms with E-state index in [0.717, 1.165) is 19.8 Å². The molecule has 0 aliphatic rings. The molecule has 0 heterocycles. The molecular formula is C12H27NO3. The molecule has 0 aliphatic carbocycles. The van der Waals surface area contributed by atoms with Gasteiger partial charge in [-0.1, -0.05) is 20.8 Å². The topological polar surface area (TPSA) is 39.7 Å². The van der Waals surface area contributed by atoms with E-state index in [1.54, 1.807) is 0 Å². The first-order chi connectivity index (χ1) is 7.56. The molecule has 4 heteroatoms. The summed E-state index contributed by atoms with van der Waals surface area (Å²) in [6.07, 6.45) is 0. The Morgan fingerprint density at radius 1 is 0.812 bits per heavy atom. The van der Waals surface area contributed by atoms with Gasteiger partial charge in [-0.15, -0.1) is 0 Å². The molecule has 16 heavy (non-hydrogen) atoms. The van der Waals surface area contributed by atoms with Crippen molar-refractivity contribution in [3.63, 3.8) is 0 Å². The highest BCUT2D eigenvalue weighted by molar-refractivity contribution is 4.58. The Labute approximate surface area is 99.6 Å². The van der Waals surface area contributed by atoms with Gasteiger partial charge < -0.3 is 19.5 Å². The highest BCUT2D eigenvalue weighted by atomic mass is 16.5. The van der Waals surface area contributed by atoms with E-state index in [4.69, 9.17) is 14.2 Å². The normalized spacial score (nSPS) is 12.0. The molecule has 4 nitrogen and oxygen atoms in total. The lowest BCUT2D eigenvalue weighted by Crippen LogP contribution is -2.18. The summed E-state index contributed by atoms with van der Waals surface area (Å²) in [5.41, 5.74) is 0.232. The van der Waals surface area contributed by atoms with Gasteiger partial charge in [-0.2, -0.15) is 0 Å². The summed E-state index contributed by atoms with van der Waals surface area (Å²) in [6.45, 7) is 11.5. The third kappa shape index (κ3) is 13.8. The second kappa shape index (κ2) is 10.0. The van der Waals surface area contributed by atoms with E-state index < -0.39 is 0 Å². The van der Waals surface area contributed by atoms with Crippen molar-refractivity contribution in [2.75, 3.05) is 53.2 Å². The van der Waals surface area contributed by atoms with E-state index in [0.29, 0.717) is 26.4 Å². The molecule has 0 amide bonds. The van der Waals surface area contributed by atoms with E-state index in [2.05, 4.69) is 26.1 Å². The van der Waals surface area contributed by atoms with E-state index in [-0.39, 0.29) is 5.41 Å². The van der Waals surface area contributed by atoms with E-state index in [1.807, 2.05) is 7.05 Å². The van der Waals surface area contributed by atoms with Gasteiger partial charge >= 0.3 is 0 Å². The summed E-state index contributed by atoms with van der Waals surface area (Å²) in [5, 5.41) is 3.01. The summed E-state index contributed by atoms with van der Waals surface area (Å²) in [7, 11) is 1.91. The van der Waals surface area contributed by atoms with Crippen molar-refractivity contribution in [3.8, 4) is 0 Å². The standard InChI is InChI=1S/C12H27NO3/c1-12(2,3)11-16-10-9-15-8-7-14-6-5-13-4/h13H,5-11H2,1-4H3. The molecule has 0 saturated heterocycles. The molecule has 0 fully saturated rings. The summed E-state index contributed by atoms with van der Waals surface area (Å²) in [4.78, 5) is 0. The van der Waals surface area contributed by atoms with Crippen LogP contribution < -0.4 is 5.32 Å². The Morgan fingerprint density at radius 3 is 1.81 bits per heavy atom. The molecule has 0 atom stereocenters. The minimum atomic E-state index is 0.232. The predicted molar refractivity (Wildman–Crippen MR) is 65.8 cm³/mol. The number of hydrogen-bond acceptors (Lipinski definition) is 4. The lowest BCUT2D eigenvalue weighted by Gasteiger charge is -2.17. The fourth-order valence-corrected chi connectivity index (χ4v) is 0.992. The van der Waals surface area contributed by atoms with Crippen LogP contribution in [0.4, 0.5) is 0 Å². The molecule has 0 aliphatic heterocycles. The Balaban J connectivity index is 2.99. The third-order valence-corrected chi connectivity index (χ3v) is 1.78. The van der Waals surface area contributed by atoms with Crippen LogP contribution in [0.3, 0.4) is 0 Å². The first kappa shape index (κ1) is 15.8. The first-order valence-corrected chi connectivity index (χ1v) is 5.94. The van der Waals surface area contributed by atoms with Crippen LogP contribution >= 0.6 is 0 Å². The average Bonchev–Trinajstić information content (AvgIpc) is 2.19. The summed E-state index contributed by atoms with van der Waals surface area (Å²) < 4.78 is 16.1. The molecule has 98 valence electrons. The lowest BCUT2D eigenvalue weighted by molar-refractivity contribution is -0.000171. The maximum absolute atomic E-state index is 5.47. The van der Waals surface area contributed by atoms with Crippen molar-refractivity contribution in [1.82, 2.24) is 5.32 Å². The number of likely N-dealkylation sites (N-methyl/N-ethyl adjacent to an activating group) is 1. The Kier molecular flexibility index (Phi) is 9.92. The van der Waals surface area contributed by atoms with Gasteiger partial charge in [-0.05, 0) is 12.5 Å². The van der Waals surface area contributed by atoms with Gasteiger partial charge in [0.1, 0.15) is 0 Å². The summed E-state index contributed by atoms with van der Waals surface area (Å²) in [6, 6.07) is 0. The number of ether oxygens (including phenoxy) is 3. The highest BCUT2D eigenvalue weighted by Gasteiger charge is 2.09. The SMILES string of the molecule is CNCCOCCOCCOCC(C)(C)C. The second-order valence-electron chi connectivity index (χ2n) is 4.94. The molecule has 0 aromatic carbocycles. The van der Waals surface area contributed by atoms with Gasteiger partial charge in [0.2, 0.25) is 0 Å². The van der Waals surface area contributed by atoms with Gasteiger partial charge in [0, 0.05) is 6.54 Å². The second-order valence-corrected chi connectivity index (χ2v) is 4.94. The van der Waals surface area contributed by atoms with E-state index in [9.17, 15) is 0 Å². The smallest absolute Gasteiger partial charge is 0.0701 e. The average molecular weight is 233 g/mol. The van der Waals surface area contributed by atoms with Crippen LogP contribution in [-0.2, 0) is 14.2 Å². The molecular weight excluding hydrogens is 206 g/mol. The van der Waals surface area contributed by atoms with Crippen LogP contribution in [0, 0.1) is 5.41 Å². The quantitative estimate of drug-likeness (QED) is 0.577. The van der Waals surface area contributed by atoms with Crippen LogP contribution in [0.15, 0.2) is 0 Å². The molecule has 0 bridgehead atoms. The maximum atomic E-state index is 5.47. The third-order valence-electron chi connectivity index (χ3n) is 1.78. The summed E-state index contributed by atoms with van der Waals surface area (Å²) in [5.74, 6) is 0. The monoisotopic (exact) mass is 233 g/mol. The van der Waals surface area contributed by atoms with Crippen LogP contribution in [0.2, 0.25) is 0 Å². The van der Waals surface area contributed by atoms with Gasteiger partial charge in [0.05, 0.1) is 39.6 Å². The Hall–Kier alpha value is -0.160. The van der Waals surface area contributed by atoms with Crippen molar-refractivity contribution in [2.45, 2.75) is 20.8 Å². The number of hydrogen-bond donors (Lipinski definition) is 1. The zero-order valence-electron chi connectivity index (χ0n) is 11.2. The fraction of sp³-hybridized carbons (Fsp3) is 1.00. The first-order valence-electron chi connectivity index (χ1n) is 5.94. The molecule has 0 aromatic heterocycles. The lowest BCUT2D eigenvalue weighted by atomic mass is 9.99. The van der Waals surface area contributed by atoms with Crippen molar-refractivity contribution in [2.24, 2.45) is 5.41 Å². The Bertz CT molecular complexity index is 146. The molecule has 0 spiro atoms. The van der Waals surface area contributed by atoms with Crippen LogP contribution in [0.1, 0.15) is 20.8 Å². The van der Waals surface area contributed by atoms with Crippen LogP contribution in [0.25, 0.3) is 0 Å². The van der Waals surface area contributed by atoms with E-state index in [1.165, 1.54) is 0 Å². The maximum Gasteiger partial charge on any atom is 0.0701 e. The van der Waals surface area contributed by atoms with Gasteiger partial charge in [0.25, 0.3) is 0 Å². The van der Waals surface area contributed by atoms with Crippen molar-refractivity contribution in [3.05, 3.63) is 0 Å². The zero-order valence-corrected chi connectivity index (χ0v) is 11.2. The van der Waals surface area contributed by atoms with Gasteiger partial charge in [-0.3, -0.25) is 0 Å². The van der Waals surface area contributed by atoms with Gasteiger partial charge in [-0.25, -0.2) is 0 Å². The molecule has 0 rings (SSSR count). The molecule has 0 unspecified atom stereocenters. The van der Waals surface area contributed by atoms with Crippen molar-refractivity contribution >= 4 is 0 Å². The zero-order chi connectivity index (χ0) is 12.3. The number of nitrogens with one attached hydrogen (secondary N) is 1. The molecule has 0 radical (unpaired) electrons. The molecule has 0 aromatic rings. The van der Waals surface area contributed by atoms with Crippen LogP contribution in [0.5, 0.6) is 0 Å². The fourth-order valence-electron chi connectivity index (χ4n) is 0.992. The molecule has 0 saturated carbocycles. The molecule has 1 N–H and O–H groups in total. The number of rotatable bonds is 10. The van der Waals surface area contributed by atoms with E-state index >= 15 is 0 Å². The predicted octanol–water partition coefficient (Wildman–Crippen LogP) is 1.30. The van der Waals surface area contributed by atoms with Crippen LogP contribution in [-0.4, -0.2) is 53.2 Å². The van der Waals surface area contributed by atoms with Crippen molar-refractivity contribution < 1.29 is 14.2 Å². The van der Waals surface area contributed by atoms with Gasteiger partial charge in [0.15, 0.2) is 0 Å².